The van der Waals surface area contributed by atoms with E-state index in [1.807, 2.05) is 31.2 Å². The summed E-state index contributed by atoms with van der Waals surface area (Å²) in [6.45, 7) is 2.13. The molecule has 0 unspecified atom stereocenters. The fraction of sp³-hybridized carbons (Fsp3) is 0.500. The Bertz CT molecular complexity index is 416. The SMILES string of the molecule is C/C(=N\N(C)C)C1(c2ccc(Cl)cc2)CCC1. The van der Waals surface area contributed by atoms with Crippen LogP contribution in [0.25, 0.3) is 0 Å². The predicted octanol–water partition coefficient (Wildman–Crippen LogP) is 3.70. The first-order chi connectivity index (χ1) is 8.04. The van der Waals surface area contributed by atoms with Crippen LogP contribution >= 0.6 is 11.6 Å². The first kappa shape index (κ1) is 12.4. The van der Waals surface area contributed by atoms with E-state index in [1.165, 1.54) is 30.5 Å². The van der Waals surface area contributed by atoms with Crippen LogP contribution in [0, 0.1) is 0 Å². The zero-order valence-electron chi connectivity index (χ0n) is 10.7. The van der Waals surface area contributed by atoms with Gasteiger partial charge in [-0.15, -0.1) is 0 Å². The summed E-state index contributed by atoms with van der Waals surface area (Å²) < 4.78 is 0. The lowest BCUT2D eigenvalue weighted by Crippen LogP contribution is -2.41. The highest BCUT2D eigenvalue weighted by Crippen LogP contribution is 2.45. The summed E-state index contributed by atoms with van der Waals surface area (Å²) in [6.07, 6.45) is 3.67. The van der Waals surface area contributed by atoms with Crippen LogP contribution in [0.1, 0.15) is 31.7 Å². The van der Waals surface area contributed by atoms with Gasteiger partial charge in [0.05, 0.1) is 0 Å². The molecule has 17 heavy (non-hydrogen) atoms. The van der Waals surface area contributed by atoms with E-state index in [-0.39, 0.29) is 5.41 Å². The molecule has 1 fully saturated rings. The molecule has 2 nitrogen and oxygen atoms in total. The summed E-state index contributed by atoms with van der Waals surface area (Å²) >= 11 is 5.95. The molecule has 1 aliphatic carbocycles. The molecular weight excluding hydrogens is 232 g/mol. The molecule has 0 aliphatic heterocycles. The number of rotatable bonds is 3. The van der Waals surface area contributed by atoms with Crippen LogP contribution in [0.4, 0.5) is 0 Å². The van der Waals surface area contributed by atoms with Gasteiger partial charge in [0.15, 0.2) is 0 Å². The Labute approximate surface area is 108 Å². The average Bonchev–Trinajstić information content (AvgIpc) is 2.18. The molecule has 0 aromatic heterocycles. The summed E-state index contributed by atoms with van der Waals surface area (Å²) in [5.74, 6) is 0. The molecule has 2 rings (SSSR count). The van der Waals surface area contributed by atoms with Crippen molar-refractivity contribution in [2.45, 2.75) is 31.6 Å². The standard InChI is InChI=1S/C14H19ClN2/c1-11(16-17(2)3)14(9-4-10-14)12-5-7-13(15)8-6-12/h5-8H,4,9-10H2,1-3H3/b16-11+. The second-order valence-electron chi connectivity index (χ2n) is 4.98. The normalized spacial score (nSPS) is 18.7. The maximum Gasteiger partial charge on any atom is 0.0455 e. The molecule has 0 spiro atoms. The monoisotopic (exact) mass is 250 g/mol. The highest BCUT2D eigenvalue weighted by molar-refractivity contribution is 6.30. The van der Waals surface area contributed by atoms with Crippen molar-refractivity contribution in [3.8, 4) is 0 Å². The van der Waals surface area contributed by atoms with Crippen molar-refractivity contribution in [3.63, 3.8) is 0 Å². The molecule has 0 amide bonds. The lowest BCUT2D eigenvalue weighted by Gasteiger charge is -2.42. The van der Waals surface area contributed by atoms with E-state index in [4.69, 9.17) is 11.6 Å². The maximum absolute atomic E-state index is 5.95. The van der Waals surface area contributed by atoms with Gasteiger partial charge in [-0.1, -0.05) is 30.2 Å². The number of benzene rings is 1. The highest BCUT2D eigenvalue weighted by atomic mass is 35.5. The number of halogens is 1. The molecule has 0 saturated heterocycles. The summed E-state index contributed by atoms with van der Waals surface area (Å²) in [4.78, 5) is 0. The van der Waals surface area contributed by atoms with E-state index >= 15 is 0 Å². The van der Waals surface area contributed by atoms with Gasteiger partial charge >= 0.3 is 0 Å². The number of nitrogens with zero attached hydrogens (tertiary/aromatic N) is 2. The van der Waals surface area contributed by atoms with Crippen LogP contribution in [-0.4, -0.2) is 24.8 Å². The Morgan fingerprint density at radius 3 is 2.24 bits per heavy atom. The van der Waals surface area contributed by atoms with E-state index in [9.17, 15) is 0 Å². The van der Waals surface area contributed by atoms with Gasteiger partial charge in [-0.3, -0.25) is 0 Å². The van der Waals surface area contributed by atoms with Gasteiger partial charge in [-0.25, -0.2) is 0 Å². The number of hydrogen-bond acceptors (Lipinski definition) is 2. The highest BCUT2D eigenvalue weighted by Gasteiger charge is 2.41. The molecule has 0 atom stereocenters. The zero-order chi connectivity index (χ0) is 12.5. The van der Waals surface area contributed by atoms with E-state index in [0.29, 0.717) is 0 Å². The maximum atomic E-state index is 5.95. The van der Waals surface area contributed by atoms with Gasteiger partial charge in [0, 0.05) is 30.2 Å². The van der Waals surface area contributed by atoms with E-state index < -0.39 is 0 Å². The minimum Gasteiger partial charge on any atom is -0.303 e. The smallest absolute Gasteiger partial charge is 0.0455 e. The fourth-order valence-corrected chi connectivity index (χ4v) is 2.68. The van der Waals surface area contributed by atoms with Crippen LogP contribution < -0.4 is 0 Å². The van der Waals surface area contributed by atoms with Gasteiger partial charge in [-0.2, -0.15) is 5.10 Å². The molecule has 1 aromatic carbocycles. The van der Waals surface area contributed by atoms with Crippen molar-refractivity contribution in [2.75, 3.05) is 14.1 Å². The van der Waals surface area contributed by atoms with Crippen LogP contribution in [-0.2, 0) is 5.41 Å². The van der Waals surface area contributed by atoms with Gasteiger partial charge in [0.1, 0.15) is 0 Å². The summed E-state index contributed by atoms with van der Waals surface area (Å²) in [5, 5.41) is 7.26. The molecule has 0 radical (unpaired) electrons. The van der Waals surface area contributed by atoms with Crippen molar-refractivity contribution in [1.82, 2.24) is 5.01 Å². The molecule has 3 heteroatoms. The Balaban J connectivity index is 2.34. The first-order valence-electron chi connectivity index (χ1n) is 6.04. The van der Waals surface area contributed by atoms with Gasteiger partial charge in [0.2, 0.25) is 0 Å². The first-order valence-corrected chi connectivity index (χ1v) is 6.41. The third-order valence-corrected chi connectivity index (χ3v) is 3.90. The minimum absolute atomic E-state index is 0.148. The topological polar surface area (TPSA) is 15.6 Å². The van der Waals surface area contributed by atoms with Gasteiger partial charge in [0.25, 0.3) is 0 Å². The molecule has 0 heterocycles. The molecule has 92 valence electrons. The van der Waals surface area contributed by atoms with Crippen molar-refractivity contribution < 1.29 is 0 Å². The largest absolute Gasteiger partial charge is 0.303 e. The second kappa shape index (κ2) is 4.69. The van der Waals surface area contributed by atoms with E-state index in [1.54, 1.807) is 0 Å². The van der Waals surface area contributed by atoms with Crippen LogP contribution in [0.5, 0.6) is 0 Å². The van der Waals surface area contributed by atoms with Crippen molar-refractivity contribution in [1.29, 1.82) is 0 Å². The van der Waals surface area contributed by atoms with Gasteiger partial charge in [-0.05, 0) is 37.5 Å². The van der Waals surface area contributed by atoms with Crippen LogP contribution in [0.2, 0.25) is 5.02 Å². The average molecular weight is 251 g/mol. The quantitative estimate of drug-likeness (QED) is 0.590. The minimum atomic E-state index is 0.148. The van der Waals surface area contributed by atoms with Crippen LogP contribution in [0.15, 0.2) is 29.4 Å². The summed E-state index contributed by atoms with van der Waals surface area (Å²) in [7, 11) is 3.94. The summed E-state index contributed by atoms with van der Waals surface area (Å²) in [6, 6.07) is 8.21. The molecule has 0 bridgehead atoms. The van der Waals surface area contributed by atoms with Gasteiger partial charge < -0.3 is 5.01 Å². The van der Waals surface area contributed by atoms with Crippen LogP contribution in [0.3, 0.4) is 0 Å². The Morgan fingerprint density at radius 1 is 1.24 bits per heavy atom. The lowest BCUT2D eigenvalue weighted by atomic mass is 9.62. The summed E-state index contributed by atoms with van der Waals surface area (Å²) in [5.41, 5.74) is 2.70. The van der Waals surface area contributed by atoms with E-state index in [0.717, 1.165) is 5.02 Å². The Kier molecular flexibility index (Phi) is 3.43. The molecule has 1 aliphatic rings. The Hall–Kier alpha value is -1.02. The van der Waals surface area contributed by atoms with Crippen molar-refractivity contribution in [3.05, 3.63) is 34.9 Å². The lowest BCUT2D eigenvalue weighted by molar-refractivity contribution is 0.328. The third kappa shape index (κ3) is 2.32. The third-order valence-electron chi connectivity index (χ3n) is 3.65. The predicted molar refractivity (Wildman–Crippen MR) is 73.8 cm³/mol. The molecule has 0 N–H and O–H groups in total. The van der Waals surface area contributed by atoms with Crippen molar-refractivity contribution in [2.24, 2.45) is 5.10 Å². The second-order valence-corrected chi connectivity index (χ2v) is 5.41. The molecule has 1 saturated carbocycles. The molecule has 1 aromatic rings. The van der Waals surface area contributed by atoms with Crippen molar-refractivity contribution >= 4 is 17.3 Å². The fourth-order valence-electron chi connectivity index (χ4n) is 2.55. The number of hydrazone groups is 1. The Morgan fingerprint density at radius 2 is 1.82 bits per heavy atom. The molecular formula is C14H19ClN2. The number of hydrogen-bond donors (Lipinski definition) is 0. The van der Waals surface area contributed by atoms with E-state index in [2.05, 4.69) is 24.2 Å². The zero-order valence-corrected chi connectivity index (χ0v) is 11.5.